The number of hydrogen-bond acceptors (Lipinski definition) is 6. The fraction of sp³-hybridized carbons (Fsp3) is 0.455. The number of anilines is 1. The van der Waals surface area contributed by atoms with Crippen LogP contribution < -0.4 is 4.90 Å². The van der Waals surface area contributed by atoms with Crippen molar-refractivity contribution in [1.82, 2.24) is 4.90 Å². The Kier molecular flexibility index (Phi) is 7.89. The summed E-state index contributed by atoms with van der Waals surface area (Å²) in [4.78, 5) is 4.01. The molecule has 10 heteroatoms. The maximum atomic E-state index is 12.6. The van der Waals surface area contributed by atoms with Gasteiger partial charge in [0.2, 0.25) is 0 Å². The molecule has 0 aromatic heterocycles. The SMILES string of the molecule is CCCCCN1CCN(c2ccc(N=Nc3ccc(S(=O)(=O)C(F)(F)F)cc3)cc2)CC1. The lowest BCUT2D eigenvalue weighted by Gasteiger charge is -2.36. The van der Waals surface area contributed by atoms with Crippen molar-refractivity contribution in [1.29, 1.82) is 0 Å². The first-order valence-electron chi connectivity index (χ1n) is 10.6. The predicted octanol–water partition coefficient (Wildman–Crippen LogP) is 5.71. The van der Waals surface area contributed by atoms with Gasteiger partial charge in [-0.2, -0.15) is 23.4 Å². The van der Waals surface area contributed by atoms with E-state index in [9.17, 15) is 21.6 Å². The molecule has 0 aliphatic carbocycles. The van der Waals surface area contributed by atoms with E-state index in [0.29, 0.717) is 5.69 Å². The number of alkyl halides is 3. The minimum absolute atomic E-state index is 0.259. The molecule has 1 heterocycles. The maximum Gasteiger partial charge on any atom is 0.501 e. The molecule has 2 aromatic rings. The molecule has 6 nitrogen and oxygen atoms in total. The van der Waals surface area contributed by atoms with E-state index in [1.165, 1.54) is 31.4 Å². The molecule has 0 bridgehead atoms. The molecule has 0 N–H and O–H groups in total. The van der Waals surface area contributed by atoms with E-state index in [1.54, 1.807) is 0 Å². The standard InChI is InChI=1S/C22H27F3N4O2S/c1-2-3-4-13-28-14-16-29(17-15-28)20-9-5-18(6-10-20)26-27-19-7-11-21(12-8-19)32(30,31)22(23,24)25/h5-12H,2-4,13-17H2,1H3. The lowest BCUT2D eigenvalue weighted by atomic mass is 10.2. The molecule has 32 heavy (non-hydrogen) atoms. The summed E-state index contributed by atoms with van der Waals surface area (Å²) in [5.41, 5.74) is -3.37. The average molecular weight is 469 g/mol. The molecule has 0 amide bonds. The monoisotopic (exact) mass is 468 g/mol. The minimum atomic E-state index is -5.37. The first-order chi connectivity index (χ1) is 15.2. The molecule has 0 atom stereocenters. The summed E-state index contributed by atoms with van der Waals surface area (Å²) in [7, 11) is -5.37. The van der Waals surface area contributed by atoms with Crippen LogP contribution in [0.15, 0.2) is 63.7 Å². The Morgan fingerprint density at radius 2 is 1.38 bits per heavy atom. The second kappa shape index (κ2) is 10.4. The van der Waals surface area contributed by atoms with E-state index in [1.807, 2.05) is 24.3 Å². The van der Waals surface area contributed by atoms with Gasteiger partial charge in [-0.1, -0.05) is 19.8 Å². The van der Waals surface area contributed by atoms with Crippen LogP contribution >= 0.6 is 0 Å². The van der Waals surface area contributed by atoms with E-state index < -0.39 is 20.2 Å². The van der Waals surface area contributed by atoms with Crippen LogP contribution in [0.25, 0.3) is 0 Å². The molecule has 1 fully saturated rings. The molecule has 3 rings (SSSR count). The highest BCUT2D eigenvalue weighted by Crippen LogP contribution is 2.31. The van der Waals surface area contributed by atoms with Gasteiger partial charge in [-0.3, -0.25) is 4.90 Å². The quantitative estimate of drug-likeness (QED) is 0.368. The largest absolute Gasteiger partial charge is 0.501 e. The van der Waals surface area contributed by atoms with Crippen LogP contribution in [0.5, 0.6) is 0 Å². The number of nitrogens with zero attached hydrogens (tertiary/aromatic N) is 4. The van der Waals surface area contributed by atoms with Crippen LogP contribution in [-0.2, 0) is 9.84 Å². The van der Waals surface area contributed by atoms with Gasteiger partial charge in [0, 0.05) is 31.9 Å². The summed E-state index contributed by atoms with van der Waals surface area (Å²) in [5, 5.41) is 8.06. The van der Waals surface area contributed by atoms with Gasteiger partial charge < -0.3 is 4.90 Å². The number of piperazine rings is 1. The normalized spacial score (nSPS) is 16.1. The van der Waals surface area contributed by atoms with Crippen molar-refractivity contribution in [2.24, 2.45) is 10.2 Å². The van der Waals surface area contributed by atoms with E-state index in [-0.39, 0.29) is 5.69 Å². The smallest absolute Gasteiger partial charge is 0.369 e. The Morgan fingerprint density at radius 3 is 1.88 bits per heavy atom. The van der Waals surface area contributed by atoms with E-state index >= 15 is 0 Å². The molecular weight excluding hydrogens is 441 g/mol. The Balaban J connectivity index is 1.56. The minimum Gasteiger partial charge on any atom is -0.369 e. The van der Waals surface area contributed by atoms with Crippen molar-refractivity contribution < 1.29 is 21.6 Å². The van der Waals surface area contributed by atoms with Crippen LogP contribution in [0, 0.1) is 0 Å². The summed E-state index contributed by atoms with van der Waals surface area (Å²) in [5.74, 6) is 0. The van der Waals surface area contributed by atoms with Crippen LogP contribution in [0.1, 0.15) is 26.2 Å². The Bertz CT molecular complexity index is 999. The first-order valence-corrected chi connectivity index (χ1v) is 12.1. The molecule has 0 saturated carbocycles. The number of halogens is 3. The van der Waals surface area contributed by atoms with E-state index in [2.05, 4.69) is 27.0 Å². The molecule has 0 unspecified atom stereocenters. The summed E-state index contributed by atoms with van der Waals surface area (Å²) in [6.45, 7) is 7.41. The summed E-state index contributed by atoms with van der Waals surface area (Å²) < 4.78 is 60.6. The Morgan fingerprint density at radius 1 is 0.844 bits per heavy atom. The maximum absolute atomic E-state index is 12.6. The van der Waals surface area contributed by atoms with Crippen molar-refractivity contribution in [3.05, 3.63) is 48.5 Å². The van der Waals surface area contributed by atoms with Crippen molar-refractivity contribution in [2.75, 3.05) is 37.6 Å². The lowest BCUT2D eigenvalue weighted by Crippen LogP contribution is -2.46. The lowest BCUT2D eigenvalue weighted by molar-refractivity contribution is -0.0436. The van der Waals surface area contributed by atoms with Gasteiger partial charge in [0.1, 0.15) is 0 Å². The molecule has 0 radical (unpaired) electrons. The fourth-order valence-corrected chi connectivity index (χ4v) is 4.25. The second-order valence-corrected chi connectivity index (χ2v) is 9.64. The Labute approximate surface area is 186 Å². The zero-order valence-electron chi connectivity index (χ0n) is 17.9. The van der Waals surface area contributed by atoms with Crippen molar-refractivity contribution in [3.8, 4) is 0 Å². The van der Waals surface area contributed by atoms with Gasteiger partial charge in [0.05, 0.1) is 16.3 Å². The number of unbranched alkanes of at least 4 members (excludes halogenated alkanes) is 2. The summed E-state index contributed by atoms with van der Waals surface area (Å²) in [6.07, 6.45) is 3.75. The van der Waals surface area contributed by atoms with Crippen LogP contribution in [0.4, 0.5) is 30.2 Å². The molecule has 174 valence electrons. The van der Waals surface area contributed by atoms with Crippen LogP contribution in [0.2, 0.25) is 0 Å². The highest BCUT2D eigenvalue weighted by atomic mass is 32.2. The Hall–Kier alpha value is -2.46. The van der Waals surface area contributed by atoms with Gasteiger partial charge >= 0.3 is 5.51 Å². The number of benzene rings is 2. The topological polar surface area (TPSA) is 65.3 Å². The van der Waals surface area contributed by atoms with Crippen molar-refractivity contribution >= 4 is 26.9 Å². The van der Waals surface area contributed by atoms with Gasteiger partial charge in [-0.15, -0.1) is 0 Å². The van der Waals surface area contributed by atoms with Gasteiger partial charge in [-0.25, -0.2) is 8.42 Å². The fourth-order valence-electron chi connectivity index (χ4n) is 3.49. The average Bonchev–Trinajstić information content (AvgIpc) is 2.78. The zero-order valence-corrected chi connectivity index (χ0v) is 18.7. The third-order valence-electron chi connectivity index (χ3n) is 5.40. The second-order valence-electron chi connectivity index (χ2n) is 7.70. The van der Waals surface area contributed by atoms with Gasteiger partial charge in [0.15, 0.2) is 0 Å². The third kappa shape index (κ3) is 6.07. The molecule has 2 aromatic carbocycles. The highest BCUT2D eigenvalue weighted by molar-refractivity contribution is 7.92. The van der Waals surface area contributed by atoms with Crippen LogP contribution in [-0.4, -0.2) is 51.5 Å². The van der Waals surface area contributed by atoms with Crippen molar-refractivity contribution in [2.45, 2.75) is 36.6 Å². The molecule has 1 aliphatic rings. The highest BCUT2D eigenvalue weighted by Gasteiger charge is 2.46. The molecular formula is C22H27F3N4O2S. The molecule has 0 spiro atoms. The van der Waals surface area contributed by atoms with Crippen LogP contribution in [0.3, 0.4) is 0 Å². The zero-order chi connectivity index (χ0) is 23.2. The summed E-state index contributed by atoms with van der Waals surface area (Å²) >= 11 is 0. The first kappa shape index (κ1) is 24.2. The molecule has 1 saturated heterocycles. The number of hydrogen-bond donors (Lipinski definition) is 0. The number of azo groups is 1. The predicted molar refractivity (Wildman–Crippen MR) is 118 cm³/mol. The number of sulfone groups is 1. The van der Waals surface area contributed by atoms with Crippen molar-refractivity contribution in [3.63, 3.8) is 0 Å². The number of rotatable bonds is 8. The van der Waals surface area contributed by atoms with Gasteiger partial charge in [0.25, 0.3) is 9.84 Å². The van der Waals surface area contributed by atoms with E-state index in [0.717, 1.165) is 50.5 Å². The van der Waals surface area contributed by atoms with E-state index in [4.69, 9.17) is 0 Å². The third-order valence-corrected chi connectivity index (χ3v) is 6.90. The molecule has 1 aliphatic heterocycles. The summed E-state index contributed by atoms with van der Waals surface area (Å²) in [6, 6.07) is 11.7. The van der Waals surface area contributed by atoms with Gasteiger partial charge in [-0.05, 0) is 61.5 Å².